The standard InChI is InChI=1S/C17H29NO4/c1-3-5-6-7-8-9-15(19)21-14-12-18-17(10-11-17)16(20)22-13-4-2/h4,18H,2-3,5-14H2,1H3. The molecular formula is C17H29NO4. The summed E-state index contributed by atoms with van der Waals surface area (Å²) in [6.07, 6.45) is 9.16. The highest BCUT2D eigenvalue weighted by atomic mass is 16.5. The summed E-state index contributed by atoms with van der Waals surface area (Å²) in [5.74, 6) is -0.396. The molecule has 0 aliphatic heterocycles. The fourth-order valence-corrected chi connectivity index (χ4v) is 2.25. The normalized spacial score (nSPS) is 15.1. The number of ether oxygens (including phenoxy) is 2. The molecule has 1 saturated carbocycles. The molecule has 0 unspecified atom stereocenters. The second-order valence-corrected chi connectivity index (χ2v) is 5.78. The van der Waals surface area contributed by atoms with Crippen molar-refractivity contribution in [2.75, 3.05) is 19.8 Å². The van der Waals surface area contributed by atoms with Gasteiger partial charge >= 0.3 is 11.9 Å². The van der Waals surface area contributed by atoms with Crippen molar-refractivity contribution in [2.45, 2.75) is 63.8 Å². The molecule has 0 bridgehead atoms. The molecule has 1 aliphatic rings. The molecule has 0 atom stereocenters. The van der Waals surface area contributed by atoms with E-state index in [4.69, 9.17) is 9.47 Å². The maximum Gasteiger partial charge on any atom is 0.326 e. The highest BCUT2D eigenvalue weighted by molar-refractivity contribution is 5.84. The van der Waals surface area contributed by atoms with Crippen molar-refractivity contribution in [3.8, 4) is 0 Å². The molecule has 22 heavy (non-hydrogen) atoms. The van der Waals surface area contributed by atoms with Crippen LogP contribution in [0, 0.1) is 0 Å². The first-order chi connectivity index (χ1) is 10.6. The molecule has 1 fully saturated rings. The Hall–Kier alpha value is -1.36. The Balaban J connectivity index is 2.03. The summed E-state index contributed by atoms with van der Waals surface area (Å²) >= 11 is 0. The Kier molecular flexibility index (Phi) is 8.82. The summed E-state index contributed by atoms with van der Waals surface area (Å²) in [5, 5.41) is 3.13. The van der Waals surface area contributed by atoms with Crippen molar-refractivity contribution in [2.24, 2.45) is 0 Å². The number of unbranched alkanes of at least 4 members (excludes halogenated alkanes) is 4. The van der Waals surface area contributed by atoms with Gasteiger partial charge in [-0.05, 0) is 19.3 Å². The maximum absolute atomic E-state index is 11.8. The van der Waals surface area contributed by atoms with Gasteiger partial charge in [-0.25, -0.2) is 0 Å². The summed E-state index contributed by atoms with van der Waals surface area (Å²) in [4.78, 5) is 23.3. The van der Waals surface area contributed by atoms with Crippen molar-refractivity contribution < 1.29 is 19.1 Å². The Morgan fingerprint density at radius 2 is 1.91 bits per heavy atom. The molecule has 1 N–H and O–H groups in total. The molecule has 5 nitrogen and oxygen atoms in total. The van der Waals surface area contributed by atoms with Gasteiger partial charge in [0.05, 0.1) is 0 Å². The van der Waals surface area contributed by atoms with Gasteiger partial charge in [0.25, 0.3) is 0 Å². The lowest BCUT2D eigenvalue weighted by Gasteiger charge is -2.15. The van der Waals surface area contributed by atoms with Gasteiger partial charge in [0, 0.05) is 13.0 Å². The monoisotopic (exact) mass is 311 g/mol. The predicted octanol–water partition coefficient (Wildman–Crippen LogP) is 2.74. The molecular weight excluding hydrogens is 282 g/mol. The van der Waals surface area contributed by atoms with Gasteiger partial charge in [0.1, 0.15) is 18.8 Å². The number of esters is 2. The lowest BCUT2D eigenvalue weighted by Crippen LogP contribution is -2.42. The van der Waals surface area contributed by atoms with Crippen LogP contribution in [0.1, 0.15) is 58.3 Å². The molecule has 0 aromatic carbocycles. The number of carbonyl (C=O) groups is 2. The van der Waals surface area contributed by atoms with Gasteiger partial charge in [-0.3, -0.25) is 14.9 Å². The van der Waals surface area contributed by atoms with Gasteiger partial charge in [0.15, 0.2) is 0 Å². The zero-order valence-corrected chi connectivity index (χ0v) is 13.7. The van der Waals surface area contributed by atoms with E-state index in [0.29, 0.717) is 19.6 Å². The van der Waals surface area contributed by atoms with Crippen molar-refractivity contribution in [1.29, 1.82) is 0 Å². The molecule has 1 aliphatic carbocycles. The van der Waals surface area contributed by atoms with Crippen molar-refractivity contribution in [3.05, 3.63) is 12.7 Å². The molecule has 0 aromatic rings. The fraction of sp³-hybridized carbons (Fsp3) is 0.765. The van der Waals surface area contributed by atoms with Gasteiger partial charge < -0.3 is 9.47 Å². The Bertz CT molecular complexity index is 364. The third-order valence-electron chi connectivity index (χ3n) is 3.79. The second-order valence-electron chi connectivity index (χ2n) is 5.78. The van der Waals surface area contributed by atoms with E-state index in [1.54, 1.807) is 6.08 Å². The van der Waals surface area contributed by atoms with Crippen LogP contribution in [0.25, 0.3) is 0 Å². The average Bonchev–Trinajstić information content (AvgIpc) is 3.30. The highest BCUT2D eigenvalue weighted by Gasteiger charge is 2.50. The molecule has 1 rings (SSSR count). The van der Waals surface area contributed by atoms with E-state index < -0.39 is 5.54 Å². The van der Waals surface area contributed by atoms with Gasteiger partial charge in [-0.15, -0.1) is 0 Å². The van der Waals surface area contributed by atoms with E-state index in [-0.39, 0.29) is 18.5 Å². The largest absolute Gasteiger partial charge is 0.464 e. The van der Waals surface area contributed by atoms with Crippen LogP contribution in [0.4, 0.5) is 0 Å². The number of carbonyl (C=O) groups excluding carboxylic acids is 2. The lowest BCUT2D eigenvalue weighted by molar-refractivity contribution is -0.146. The number of hydrogen-bond acceptors (Lipinski definition) is 5. The molecule has 0 saturated heterocycles. The van der Waals surface area contributed by atoms with Crippen LogP contribution in [0.2, 0.25) is 0 Å². The first-order valence-corrected chi connectivity index (χ1v) is 8.33. The zero-order valence-electron chi connectivity index (χ0n) is 13.7. The van der Waals surface area contributed by atoms with E-state index in [1.165, 1.54) is 19.3 Å². The van der Waals surface area contributed by atoms with Crippen LogP contribution in [0.15, 0.2) is 12.7 Å². The summed E-state index contributed by atoms with van der Waals surface area (Å²) in [6.45, 7) is 6.69. The summed E-state index contributed by atoms with van der Waals surface area (Å²) < 4.78 is 10.2. The molecule has 0 heterocycles. The first kappa shape index (κ1) is 18.7. The molecule has 0 amide bonds. The van der Waals surface area contributed by atoms with Crippen molar-refractivity contribution in [3.63, 3.8) is 0 Å². The topological polar surface area (TPSA) is 64.6 Å². The van der Waals surface area contributed by atoms with E-state index in [0.717, 1.165) is 25.7 Å². The Morgan fingerprint density at radius 3 is 2.55 bits per heavy atom. The van der Waals surface area contributed by atoms with Crippen LogP contribution in [-0.2, 0) is 19.1 Å². The van der Waals surface area contributed by atoms with Gasteiger partial charge in [0.2, 0.25) is 0 Å². The van der Waals surface area contributed by atoms with Gasteiger partial charge in [-0.2, -0.15) is 0 Å². The first-order valence-electron chi connectivity index (χ1n) is 8.33. The fourth-order valence-electron chi connectivity index (χ4n) is 2.25. The van der Waals surface area contributed by atoms with Crippen LogP contribution in [0.3, 0.4) is 0 Å². The molecule has 126 valence electrons. The van der Waals surface area contributed by atoms with Crippen LogP contribution >= 0.6 is 0 Å². The SMILES string of the molecule is C=CCOC(=O)C1(NCCOC(=O)CCCCCCC)CC1. The second kappa shape index (κ2) is 10.4. The average molecular weight is 311 g/mol. The number of nitrogens with one attached hydrogen (secondary N) is 1. The summed E-state index contributed by atoms with van der Waals surface area (Å²) in [7, 11) is 0. The zero-order chi connectivity index (χ0) is 16.3. The van der Waals surface area contributed by atoms with E-state index in [9.17, 15) is 9.59 Å². The highest BCUT2D eigenvalue weighted by Crippen LogP contribution is 2.36. The minimum atomic E-state index is -0.560. The third-order valence-corrected chi connectivity index (χ3v) is 3.79. The molecule has 5 heteroatoms. The summed E-state index contributed by atoms with van der Waals surface area (Å²) in [6, 6.07) is 0. The smallest absolute Gasteiger partial charge is 0.326 e. The van der Waals surface area contributed by atoms with Crippen LogP contribution in [0.5, 0.6) is 0 Å². The van der Waals surface area contributed by atoms with Crippen molar-refractivity contribution >= 4 is 11.9 Å². The van der Waals surface area contributed by atoms with E-state index >= 15 is 0 Å². The number of hydrogen-bond donors (Lipinski definition) is 1. The van der Waals surface area contributed by atoms with Gasteiger partial charge in [-0.1, -0.05) is 45.3 Å². The number of rotatable bonds is 13. The Labute approximate surface area is 133 Å². The van der Waals surface area contributed by atoms with Crippen molar-refractivity contribution in [1.82, 2.24) is 5.32 Å². The molecule has 0 aromatic heterocycles. The predicted molar refractivity (Wildman–Crippen MR) is 85.5 cm³/mol. The molecule has 0 radical (unpaired) electrons. The van der Waals surface area contributed by atoms with Crippen LogP contribution < -0.4 is 5.32 Å². The minimum absolute atomic E-state index is 0.155. The van der Waals surface area contributed by atoms with Crippen LogP contribution in [-0.4, -0.2) is 37.2 Å². The summed E-state index contributed by atoms with van der Waals surface area (Å²) in [5.41, 5.74) is -0.560. The van der Waals surface area contributed by atoms with E-state index in [1.807, 2.05) is 0 Å². The minimum Gasteiger partial charge on any atom is -0.464 e. The van der Waals surface area contributed by atoms with E-state index in [2.05, 4.69) is 18.8 Å². The molecule has 0 spiro atoms. The third kappa shape index (κ3) is 7.07. The maximum atomic E-state index is 11.8. The quantitative estimate of drug-likeness (QED) is 0.322. The Morgan fingerprint density at radius 1 is 1.18 bits per heavy atom. The lowest BCUT2D eigenvalue weighted by atomic mass is 10.1.